The van der Waals surface area contributed by atoms with Crippen molar-refractivity contribution < 1.29 is 5.11 Å². The van der Waals surface area contributed by atoms with Gasteiger partial charge in [-0.25, -0.2) is 0 Å². The number of phenolic OH excluding ortho intramolecular Hbond substituents is 1. The molecule has 0 spiro atoms. The lowest BCUT2D eigenvalue weighted by molar-refractivity contribution is 0.315. The fourth-order valence-electron chi connectivity index (χ4n) is 3.40. The van der Waals surface area contributed by atoms with E-state index in [9.17, 15) is 5.11 Å². The fraction of sp³-hybridized carbons (Fsp3) is 0.625. The number of nitrogens with two attached hydrogens (primary N) is 1. The molecule has 0 saturated heterocycles. The van der Waals surface area contributed by atoms with E-state index < -0.39 is 0 Å². The summed E-state index contributed by atoms with van der Waals surface area (Å²) in [6, 6.07) is 5.97. The van der Waals surface area contributed by atoms with E-state index in [1.165, 1.54) is 11.1 Å². The van der Waals surface area contributed by atoms with E-state index in [0.29, 0.717) is 11.0 Å². The Labute approximate surface area is 120 Å². The number of fused-ring (bicyclic) bond motifs is 1. The van der Waals surface area contributed by atoms with Crippen molar-refractivity contribution in [1.82, 2.24) is 0 Å². The first-order valence-electron chi connectivity index (χ1n) is 7.22. The topological polar surface area (TPSA) is 46.2 Å². The maximum atomic E-state index is 9.80. The molecule has 106 valence electrons. The molecule has 0 fully saturated rings. The second-order valence-corrected chi connectivity index (χ2v) is 7.25. The van der Waals surface area contributed by atoms with Crippen molar-refractivity contribution in [3.8, 4) is 5.75 Å². The number of hydrogen-bond acceptors (Lipinski definition) is 3. The van der Waals surface area contributed by atoms with Crippen LogP contribution in [0.25, 0.3) is 0 Å². The summed E-state index contributed by atoms with van der Waals surface area (Å²) >= 11 is 1.97. The highest BCUT2D eigenvalue weighted by atomic mass is 32.2. The van der Waals surface area contributed by atoms with Crippen LogP contribution in [0.2, 0.25) is 0 Å². The molecule has 0 bridgehead atoms. The third-order valence-corrected chi connectivity index (χ3v) is 5.64. The molecular weight excluding hydrogens is 254 g/mol. The fourth-order valence-corrected chi connectivity index (χ4v) is 4.64. The molecule has 0 heterocycles. The Morgan fingerprint density at radius 3 is 2.79 bits per heavy atom. The number of aromatic hydroxyl groups is 1. The molecule has 2 rings (SSSR count). The Kier molecular flexibility index (Phi) is 4.46. The van der Waals surface area contributed by atoms with Gasteiger partial charge >= 0.3 is 0 Å². The van der Waals surface area contributed by atoms with E-state index in [2.05, 4.69) is 26.8 Å². The standard InChI is InChI=1S/C16H25NOS/c1-4-8-16(3)13-10-12(18)7-6-11(13)9-14(15(16)17)19-5-2/h6-7,10,14-15,18H,4-5,8-9,17H2,1-3H3. The van der Waals surface area contributed by atoms with Crippen LogP contribution in [-0.2, 0) is 11.8 Å². The molecular formula is C16H25NOS. The zero-order valence-electron chi connectivity index (χ0n) is 12.1. The average molecular weight is 279 g/mol. The zero-order chi connectivity index (χ0) is 14.0. The van der Waals surface area contributed by atoms with Crippen LogP contribution in [0.5, 0.6) is 5.75 Å². The van der Waals surface area contributed by atoms with Crippen molar-refractivity contribution in [2.45, 2.75) is 56.7 Å². The Morgan fingerprint density at radius 2 is 2.16 bits per heavy atom. The first kappa shape index (κ1) is 14.7. The predicted molar refractivity (Wildman–Crippen MR) is 84.0 cm³/mol. The van der Waals surface area contributed by atoms with Crippen molar-refractivity contribution in [1.29, 1.82) is 0 Å². The molecule has 0 amide bonds. The van der Waals surface area contributed by atoms with Crippen LogP contribution in [0.15, 0.2) is 18.2 Å². The minimum Gasteiger partial charge on any atom is -0.508 e. The third-order valence-electron chi connectivity index (χ3n) is 4.42. The molecule has 1 aromatic rings. The Bertz CT molecular complexity index is 448. The number of hydrogen-bond donors (Lipinski definition) is 2. The highest BCUT2D eigenvalue weighted by Gasteiger charge is 2.43. The summed E-state index contributed by atoms with van der Waals surface area (Å²) in [6.45, 7) is 6.67. The summed E-state index contributed by atoms with van der Waals surface area (Å²) in [7, 11) is 0. The van der Waals surface area contributed by atoms with Crippen LogP contribution < -0.4 is 5.73 Å². The average Bonchev–Trinajstić information content (AvgIpc) is 2.38. The van der Waals surface area contributed by atoms with Gasteiger partial charge in [-0.15, -0.1) is 0 Å². The third kappa shape index (κ3) is 2.63. The first-order chi connectivity index (χ1) is 9.02. The van der Waals surface area contributed by atoms with Gasteiger partial charge in [0.2, 0.25) is 0 Å². The van der Waals surface area contributed by atoms with E-state index >= 15 is 0 Å². The van der Waals surface area contributed by atoms with Crippen LogP contribution in [0, 0.1) is 0 Å². The van der Waals surface area contributed by atoms with E-state index in [1.807, 2.05) is 17.8 Å². The summed E-state index contributed by atoms with van der Waals surface area (Å²) in [6.07, 6.45) is 3.21. The summed E-state index contributed by atoms with van der Waals surface area (Å²) in [4.78, 5) is 0. The van der Waals surface area contributed by atoms with Gasteiger partial charge in [0.15, 0.2) is 0 Å². The van der Waals surface area contributed by atoms with E-state index in [0.717, 1.165) is 25.0 Å². The summed E-state index contributed by atoms with van der Waals surface area (Å²) in [5.41, 5.74) is 9.19. The second-order valence-electron chi connectivity index (χ2n) is 5.73. The molecule has 0 saturated carbocycles. The van der Waals surface area contributed by atoms with E-state index in [1.54, 1.807) is 6.07 Å². The number of rotatable bonds is 4. The molecule has 3 unspecified atom stereocenters. The van der Waals surface area contributed by atoms with Gasteiger partial charge in [-0.05, 0) is 41.9 Å². The van der Waals surface area contributed by atoms with Gasteiger partial charge in [0.05, 0.1) is 0 Å². The quantitative estimate of drug-likeness (QED) is 0.887. The molecule has 3 atom stereocenters. The second kappa shape index (κ2) is 5.76. The van der Waals surface area contributed by atoms with Gasteiger partial charge in [-0.3, -0.25) is 0 Å². The van der Waals surface area contributed by atoms with Gasteiger partial charge in [-0.1, -0.05) is 33.3 Å². The van der Waals surface area contributed by atoms with Crippen LogP contribution in [0.4, 0.5) is 0 Å². The minimum atomic E-state index is -0.0199. The Morgan fingerprint density at radius 1 is 1.42 bits per heavy atom. The van der Waals surface area contributed by atoms with Crippen molar-refractivity contribution in [2.24, 2.45) is 5.73 Å². The number of benzene rings is 1. The van der Waals surface area contributed by atoms with Crippen molar-refractivity contribution >= 4 is 11.8 Å². The zero-order valence-corrected chi connectivity index (χ0v) is 13.0. The van der Waals surface area contributed by atoms with E-state index in [-0.39, 0.29) is 11.5 Å². The normalized spacial score (nSPS) is 30.1. The first-order valence-corrected chi connectivity index (χ1v) is 8.27. The van der Waals surface area contributed by atoms with Crippen molar-refractivity contribution in [2.75, 3.05) is 5.75 Å². The largest absolute Gasteiger partial charge is 0.508 e. The Balaban J connectivity index is 2.47. The van der Waals surface area contributed by atoms with Crippen molar-refractivity contribution in [3.05, 3.63) is 29.3 Å². The van der Waals surface area contributed by atoms with Crippen LogP contribution in [-0.4, -0.2) is 22.2 Å². The summed E-state index contributed by atoms with van der Waals surface area (Å²) in [5.74, 6) is 1.46. The predicted octanol–water partition coefficient (Wildman–Crippen LogP) is 3.46. The smallest absolute Gasteiger partial charge is 0.115 e. The molecule has 2 nitrogen and oxygen atoms in total. The van der Waals surface area contributed by atoms with Gasteiger partial charge in [0.1, 0.15) is 5.75 Å². The van der Waals surface area contributed by atoms with Gasteiger partial charge in [0, 0.05) is 16.7 Å². The monoisotopic (exact) mass is 279 g/mol. The maximum absolute atomic E-state index is 9.80. The molecule has 1 aliphatic rings. The Hall–Kier alpha value is -0.670. The maximum Gasteiger partial charge on any atom is 0.115 e. The van der Waals surface area contributed by atoms with Gasteiger partial charge < -0.3 is 10.8 Å². The lowest BCUT2D eigenvalue weighted by atomic mass is 9.65. The summed E-state index contributed by atoms with van der Waals surface area (Å²) < 4.78 is 0. The van der Waals surface area contributed by atoms with Crippen LogP contribution in [0.3, 0.4) is 0 Å². The minimum absolute atomic E-state index is 0.0199. The lowest BCUT2D eigenvalue weighted by Crippen LogP contribution is -2.53. The molecule has 1 aliphatic carbocycles. The van der Waals surface area contributed by atoms with Gasteiger partial charge in [-0.2, -0.15) is 11.8 Å². The lowest BCUT2D eigenvalue weighted by Gasteiger charge is -2.45. The van der Waals surface area contributed by atoms with Crippen molar-refractivity contribution in [3.63, 3.8) is 0 Å². The molecule has 0 radical (unpaired) electrons. The van der Waals surface area contributed by atoms with Crippen LogP contribution >= 0.6 is 11.8 Å². The molecule has 0 aromatic heterocycles. The molecule has 1 aromatic carbocycles. The molecule has 0 aliphatic heterocycles. The molecule has 3 N–H and O–H groups in total. The van der Waals surface area contributed by atoms with Gasteiger partial charge in [0.25, 0.3) is 0 Å². The molecule has 19 heavy (non-hydrogen) atoms. The highest BCUT2D eigenvalue weighted by Crippen LogP contribution is 2.44. The van der Waals surface area contributed by atoms with Crippen LogP contribution in [0.1, 0.15) is 44.7 Å². The summed E-state index contributed by atoms with van der Waals surface area (Å²) in [5, 5.41) is 10.3. The highest BCUT2D eigenvalue weighted by molar-refractivity contribution is 7.99. The number of phenols is 1. The number of thioether (sulfide) groups is 1. The molecule has 3 heteroatoms. The SMILES string of the molecule is CCCC1(C)c2cc(O)ccc2CC(SCC)C1N. The van der Waals surface area contributed by atoms with E-state index in [4.69, 9.17) is 5.73 Å².